The van der Waals surface area contributed by atoms with Gasteiger partial charge in [-0.1, -0.05) is 6.07 Å². The fourth-order valence-electron chi connectivity index (χ4n) is 3.50. The first-order chi connectivity index (χ1) is 10.8. The van der Waals surface area contributed by atoms with Crippen molar-refractivity contribution in [3.05, 3.63) is 24.3 Å². The minimum absolute atomic E-state index is 0.00741. The maximum Gasteiger partial charge on any atom is 0.322 e. The van der Waals surface area contributed by atoms with E-state index in [1.54, 1.807) is 12.1 Å². The third kappa shape index (κ3) is 3.49. The number of piperidine rings is 1. The normalized spacial score (nSPS) is 25.2. The number of amides is 2. The van der Waals surface area contributed by atoms with Crippen LogP contribution in [0.25, 0.3) is 0 Å². The molecule has 0 unspecified atom stereocenters. The number of nitrogens with zero attached hydrogens (tertiary/aromatic N) is 2. The first-order valence-corrected chi connectivity index (χ1v) is 9.28. The number of nitrogens with two attached hydrogens (primary N) is 1. The molecule has 0 aliphatic carbocycles. The Morgan fingerprint density at radius 1 is 1.30 bits per heavy atom. The number of likely N-dealkylation sites (N-methyl/N-ethyl adjacent to an activating group) is 1. The molecule has 2 aliphatic rings. The second-order valence-corrected chi connectivity index (χ2v) is 7.92. The van der Waals surface area contributed by atoms with Crippen LogP contribution in [0.3, 0.4) is 0 Å². The van der Waals surface area contributed by atoms with Gasteiger partial charge in [0.05, 0.1) is 4.90 Å². The molecule has 3 rings (SSSR count). The number of benzene rings is 1. The van der Waals surface area contributed by atoms with E-state index in [-0.39, 0.29) is 17.0 Å². The average Bonchev–Trinajstić information content (AvgIpc) is 2.89. The van der Waals surface area contributed by atoms with Crippen molar-refractivity contribution in [3.63, 3.8) is 0 Å². The van der Waals surface area contributed by atoms with Crippen LogP contribution in [0.4, 0.5) is 10.5 Å². The molecule has 1 aromatic carbocycles. The van der Waals surface area contributed by atoms with Crippen LogP contribution in [0.15, 0.2) is 29.2 Å². The molecule has 0 radical (unpaired) electrons. The molecule has 1 aromatic rings. The molecule has 3 N–H and O–H groups in total. The Morgan fingerprint density at radius 3 is 2.78 bits per heavy atom. The van der Waals surface area contributed by atoms with Crippen LogP contribution in [-0.2, 0) is 10.0 Å². The molecule has 2 heterocycles. The summed E-state index contributed by atoms with van der Waals surface area (Å²) >= 11 is 0. The van der Waals surface area contributed by atoms with Gasteiger partial charge in [-0.15, -0.1) is 0 Å². The predicted octanol–water partition coefficient (Wildman–Crippen LogP) is 0.892. The summed E-state index contributed by atoms with van der Waals surface area (Å²) in [5.41, 5.74) is 0.439. The summed E-state index contributed by atoms with van der Waals surface area (Å²) in [5, 5.41) is 7.92. The molecule has 2 amide bonds. The van der Waals surface area contributed by atoms with Gasteiger partial charge >= 0.3 is 6.03 Å². The fraction of sp³-hybridized carbons (Fsp3) is 0.533. The van der Waals surface area contributed by atoms with Gasteiger partial charge in [0.15, 0.2) is 0 Å². The van der Waals surface area contributed by atoms with Crippen molar-refractivity contribution in [2.24, 2.45) is 11.1 Å². The third-order valence-corrected chi connectivity index (χ3v) is 5.65. The Bertz CT molecular complexity index is 706. The second-order valence-electron chi connectivity index (χ2n) is 6.36. The largest absolute Gasteiger partial charge is 0.322 e. The second kappa shape index (κ2) is 6.10. The zero-order chi connectivity index (χ0) is 16.6. The van der Waals surface area contributed by atoms with E-state index in [2.05, 4.69) is 17.3 Å². The molecule has 0 aromatic heterocycles. The summed E-state index contributed by atoms with van der Waals surface area (Å²) in [6.07, 6.45) is 2.15. The van der Waals surface area contributed by atoms with Gasteiger partial charge in [-0.2, -0.15) is 0 Å². The standard InChI is InChI=1S/C15H22N4O3S/c1-18-7-5-11-6-8-19(14(11)10-18)15(20)17-12-3-2-4-13(9-12)23(16,21)22/h2-4,9,11,14H,5-8,10H2,1H3,(H,17,20)(H2,16,21,22)/t11-,14+/m0/s1. The van der Waals surface area contributed by atoms with Gasteiger partial charge in [-0.05, 0) is 50.6 Å². The fourth-order valence-corrected chi connectivity index (χ4v) is 4.06. The van der Waals surface area contributed by atoms with E-state index in [1.807, 2.05) is 4.90 Å². The highest BCUT2D eigenvalue weighted by molar-refractivity contribution is 7.89. The summed E-state index contributed by atoms with van der Waals surface area (Å²) in [6.45, 7) is 2.70. The van der Waals surface area contributed by atoms with Crippen LogP contribution in [-0.4, -0.2) is 57.0 Å². The molecule has 2 saturated heterocycles. The number of primary sulfonamides is 1. The number of fused-ring (bicyclic) bond motifs is 1. The molecule has 8 heteroatoms. The van der Waals surface area contributed by atoms with Gasteiger partial charge < -0.3 is 15.1 Å². The molecular weight excluding hydrogens is 316 g/mol. The lowest BCUT2D eigenvalue weighted by Gasteiger charge is -2.36. The number of carbonyl (C=O) groups is 1. The van der Waals surface area contributed by atoms with E-state index < -0.39 is 10.0 Å². The predicted molar refractivity (Wildman–Crippen MR) is 87.5 cm³/mol. The van der Waals surface area contributed by atoms with Crippen molar-refractivity contribution >= 4 is 21.7 Å². The lowest BCUT2D eigenvalue weighted by atomic mass is 9.92. The molecule has 23 heavy (non-hydrogen) atoms. The topological polar surface area (TPSA) is 95.7 Å². The summed E-state index contributed by atoms with van der Waals surface area (Å²) in [7, 11) is -1.71. The van der Waals surface area contributed by atoms with Crippen LogP contribution in [0, 0.1) is 5.92 Å². The lowest BCUT2D eigenvalue weighted by molar-refractivity contribution is 0.137. The number of anilines is 1. The first-order valence-electron chi connectivity index (χ1n) is 7.73. The van der Waals surface area contributed by atoms with Crippen molar-refractivity contribution in [3.8, 4) is 0 Å². The van der Waals surface area contributed by atoms with Crippen LogP contribution in [0.5, 0.6) is 0 Å². The Labute approximate surface area is 136 Å². The van der Waals surface area contributed by atoms with E-state index >= 15 is 0 Å². The number of carbonyl (C=O) groups excluding carboxylic acids is 1. The van der Waals surface area contributed by atoms with Gasteiger partial charge in [0.1, 0.15) is 0 Å². The Morgan fingerprint density at radius 2 is 2.04 bits per heavy atom. The lowest BCUT2D eigenvalue weighted by Crippen LogP contribution is -2.49. The third-order valence-electron chi connectivity index (χ3n) is 4.74. The van der Waals surface area contributed by atoms with Gasteiger partial charge in [0, 0.05) is 24.8 Å². The van der Waals surface area contributed by atoms with Crippen LogP contribution in [0.1, 0.15) is 12.8 Å². The number of rotatable bonds is 2. The molecule has 0 bridgehead atoms. The van der Waals surface area contributed by atoms with E-state index in [0.717, 1.165) is 32.5 Å². The van der Waals surface area contributed by atoms with Gasteiger partial charge in [0.25, 0.3) is 0 Å². The van der Waals surface area contributed by atoms with Crippen molar-refractivity contribution in [1.29, 1.82) is 0 Å². The van der Waals surface area contributed by atoms with Gasteiger partial charge in [0.2, 0.25) is 10.0 Å². The minimum Gasteiger partial charge on any atom is -0.320 e. The zero-order valence-corrected chi connectivity index (χ0v) is 13.9. The van der Waals surface area contributed by atoms with Gasteiger partial charge in [-0.25, -0.2) is 18.4 Å². The number of hydrogen-bond donors (Lipinski definition) is 2. The molecule has 0 saturated carbocycles. The number of urea groups is 1. The summed E-state index contributed by atoms with van der Waals surface area (Å²) in [6, 6.07) is 6.07. The van der Waals surface area contributed by atoms with Crippen LogP contribution in [0.2, 0.25) is 0 Å². The molecular formula is C15H22N4O3S. The zero-order valence-electron chi connectivity index (χ0n) is 13.1. The highest BCUT2D eigenvalue weighted by atomic mass is 32.2. The highest BCUT2D eigenvalue weighted by Gasteiger charge is 2.39. The Kier molecular flexibility index (Phi) is 4.31. The first kappa shape index (κ1) is 16.2. The number of likely N-dealkylation sites (tertiary alicyclic amines) is 2. The number of nitrogens with one attached hydrogen (secondary N) is 1. The summed E-state index contributed by atoms with van der Waals surface area (Å²) < 4.78 is 22.8. The Balaban J connectivity index is 1.72. The molecule has 0 spiro atoms. The van der Waals surface area contributed by atoms with E-state index in [1.165, 1.54) is 12.1 Å². The van der Waals surface area contributed by atoms with Crippen LogP contribution < -0.4 is 10.5 Å². The van der Waals surface area contributed by atoms with Crippen molar-refractivity contribution in [2.75, 3.05) is 32.0 Å². The molecule has 2 aliphatic heterocycles. The maximum atomic E-state index is 12.6. The molecule has 126 valence electrons. The summed E-state index contributed by atoms with van der Waals surface area (Å²) in [4.78, 5) is 16.7. The SMILES string of the molecule is CN1CC[C@H]2CCN(C(=O)Nc3cccc(S(N)(=O)=O)c3)[C@@H]2C1. The molecule has 2 fully saturated rings. The average molecular weight is 338 g/mol. The van der Waals surface area contributed by atoms with E-state index in [0.29, 0.717) is 11.6 Å². The van der Waals surface area contributed by atoms with Gasteiger partial charge in [-0.3, -0.25) is 0 Å². The Hall–Kier alpha value is -1.64. The maximum absolute atomic E-state index is 12.6. The minimum atomic E-state index is -3.78. The smallest absolute Gasteiger partial charge is 0.320 e. The number of sulfonamides is 1. The monoisotopic (exact) mass is 338 g/mol. The van der Waals surface area contributed by atoms with E-state index in [4.69, 9.17) is 5.14 Å². The van der Waals surface area contributed by atoms with Crippen molar-refractivity contribution in [1.82, 2.24) is 9.80 Å². The van der Waals surface area contributed by atoms with Crippen molar-refractivity contribution in [2.45, 2.75) is 23.8 Å². The highest BCUT2D eigenvalue weighted by Crippen LogP contribution is 2.31. The van der Waals surface area contributed by atoms with Crippen molar-refractivity contribution < 1.29 is 13.2 Å². The molecule has 7 nitrogen and oxygen atoms in total. The summed E-state index contributed by atoms with van der Waals surface area (Å²) in [5.74, 6) is 0.563. The number of hydrogen-bond acceptors (Lipinski definition) is 4. The van der Waals surface area contributed by atoms with Crippen LogP contribution >= 0.6 is 0 Å². The molecule has 2 atom stereocenters. The quantitative estimate of drug-likeness (QED) is 0.837. The van der Waals surface area contributed by atoms with E-state index in [9.17, 15) is 13.2 Å².